The fraction of sp³-hybridized carbons (Fsp3) is 0.350. The van der Waals surface area contributed by atoms with Gasteiger partial charge in [0.2, 0.25) is 0 Å². The number of hydrogen-bond acceptors (Lipinski definition) is 6. The summed E-state index contributed by atoms with van der Waals surface area (Å²) in [4.78, 5) is 7.01. The lowest BCUT2D eigenvalue weighted by atomic mass is 10.2. The molecule has 4 rings (SSSR count). The lowest BCUT2D eigenvalue weighted by molar-refractivity contribution is 0.174. The molecule has 1 saturated heterocycles. The maximum absolute atomic E-state index is 12.9. The summed E-state index contributed by atoms with van der Waals surface area (Å²) in [5.41, 5.74) is 3.21. The minimum atomic E-state index is -3.45. The highest BCUT2D eigenvalue weighted by atomic mass is 32.2. The van der Waals surface area contributed by atoms with E-state index < -0.39 is 10.2 Å². The average molecular weight is 449 g/mol. The van der Waals surface area contributed by atoms with Gasteiger partial charge in [0.1, 0.15) is 5.01 Å². The Kier molecular flexibility index (Phi) is 6.43. The largest absolute Gasteiger partial charge is 0.295 e. The predicted molar refractivity (Wildman–Crippen MR) is 119 cm³/mol. The molecule has 9 heteroatoms. The molecule has 3 aromatic rings. The van der Waals surface area contributed by atoms with Crippen LogP contribution in [-0.2, 0) is 23.3 Å². The van der Waals surface area contributed by atoms with Crippen molar-refractivity contribution in [1.29, 1.82) is 0 Å². The molecule has 0 radical (unpaired) electrons. The van der Waals surface area contributed by atoms with Crippen LogP contribution in [0.4, 0.5) is 0 Å². The summed E-state index contributed by atoms with van der Waals surface area (Å²) in [5, 5.41) is 7.32. The van der Waals surface area contributed by atoms with Gasteiger partial charge in [0, 0.05) is 62.6 Å². The molecule has 3 heterocycles. The third kappa shape index (κ3) is 4.93. The zero-order valence-corrected chi connectivity index (χ0v) is 18.7. The number of thiophene rings is 1. The van der Waals surface area contributed by atoms with Crippen molar-refractivity contribution in [3.8, 4) is 10.6 Å². The van der Waals surface area contributed by atoms with Crippen molar-refractivity contribution in [2.75, 3.05) is 33.2 Å². The van der Waals surface area contributed by atoms with Gasteiger partial charge in [-0.25, -0.2) is 4.98 Å². The summed E-state index contributed by atoms with van der Waals surface area (Å²) in [7, 11) is -1.81. The van der Waals surface area contributed by atoms with Crippen LogP contribution in [-0.4, -0.2) is 60.1 Å². The second-order valence-corrected chi connectivity index (χ2v) is 10.8. The molecule has 0 atom stereocenters. The first kappa shape index (κ1) is 20.6. The van der Waals surface area contributed by atoms with E-state index in [9.17, 15) is 8.42 Å². The van der Waals surface area contributed by atoms with E-state index in [1.165, 1.54) is 9.87 Å². The Balaban J connectivity index is 1.31. The highest BCUT2D eigenvalue weighted by Crippen LogP contribution is 2.26. The van der Waals surface area contributed by atoms with Crippen LogP contribution < -0.4 is 0 Å². The topological polar surface area (TPSA) is 56.8 Å². The van der Waals surface area contributed by atoms with Crippen LogP contribution in [0.3, 0.4) is 0 Å². The summed E-state index contributed by atoms with van der Waals surface area (Å²) in [6.07, 6.45) is 0. The molecule has 0 amide bonds. The van der Waals surface area contributed by atoms with E-state index in [-0.39, 0.29) is 0 Å². The smallest absolute Gasteiger partial charge is 0.282 e. The minimum Gasteiger partial charge on any atom is -0.295 e. The maximum atomic E-state index is 12.9. The van der Waals surface area contributed by atoms with Crippen LogP contribution in [0.25, 0.3) is 10.6 Å². The van der Waals surface area contributed by atoms with Crippen LogP contribution >= 0.6 is 22.7 Å². The molecule has 0 saturated carbocycles. The Labute approximate surface area is 180 Å². The average Bonchev–Trinajstić information content (AvgIpc) is 3.41. The summed E-state index contributed by atoms with van der Waals surface area (Å²) in [5.74, 6) is 0. The molecule has 1 fully saturated rings. The quantitative estimate of drug-likeness (QED) is 0.556. The Morgan fingerprint density at radius 2 is 1.83 bits per heavy atom. The van der Waals surface area contributed by atoms with Gasteiger partial charge in [0.25, 0.3) is 10.2 Å². The summed E-state index contributed by atoms with van der Waals surface area (Å²) in [6.45, 7) is 3.57. The molecular formula is C20H24N4O2S3. The fourth-order valence-corrected chi connectivity index (χ4v) is 6.22. The summed E-state index contributed by atoms with van der Waals surface area (Å²) >= 11 is 3.34. The third-order valence-electron chi connectivity index (χ3n) is 5.00. The summed E-state index contributed by atoms with van der Waals surface area (Å²) < 4.78 is 28.9. The molecule has 0 aliphatic carbocycles. The van der Waals surface area contributed by atoms with Crippen LogP contribution in [0.2, 0.25) is 0 Å². The van der Waals surface area contributed by atoms with E-state index >= 15 is 0 Å². The van der Waals surface area contributed by atoms with E-state index in [1.807, 2.05) is 30.3 Å². The van der Waals surface area contributed by atoms with Crippen molar-refractivity contribution < 1.29 is 8.42 Å². The van der Waals surface area contributed by atoms with Crippen molar-refractivity contribution in [3.05, 3.63) is 63.8 Å². The lowest BCUT2D eigenvalue weighted by Gasteiger charge is -2.35. The second kappa shape index (κ2) is 9.03. The van der Waals surface area contributed by atoms with Gasteiger partial charge in [0.05, 0.1) is 5.69 Å². The van der Waals surface area contributed by atoms with E-state index in [0.717, 1.165) is 22.8 Å². The van der Waals surface area contributed by atoms with E-state index in [0.29, 0.717) is 32.7 Å². The first-order valence-corrected chi connectivity index (χ1v) is 12.7. The molecule has 6 nitrogen and oxygen atoms in total. The Morgan fingerprint density at radius 1 is 1.07 bits per heavy atom. The van der Waals surface area contributed by atoms with Crippen molar-refractivity contribution in [3.63, 3.8) is 0 Å². The Morgan fingerprint density at radius 3 is 2.52 bits per heavy atom. The predicted octanol–water partition coefficient (Wildman–Crippen LogP) is 3.37. The SMILES string of the molecule is CN(Cc1ccccc1)S(=O)(=O)N1CCN(Cc2csc(-c3ccsc3)n2)CC1. The highest BCUT2D eigenvalue weighted by molar-refractivity contribution is 7.86. The van der Waals surface area contributed by atoms with Gasteiger partial charge in [0.15, 0.2) is 0 Å². The number of hydrogen-bond donors (Lipinski definition) is 0. The number of nitrogens with zero attached hydrogens (tertiary/aromatic N) is 4. The standard InChI is InChI=1S/C20H24N4O2S3/c1-22(13-17-5-3-2-4-6-17)29(25,26)24-10-8-23(9-11-24)14-19-16-28-20(21-19)18-7-12-27-15-18/h2-7,12,15-16H,8-11,13-14H2,1H3. The van der Waals surface area contributed by atoms with Gasteiger partial charge in [-0.3, -0.25) is 4.90 Å². The molecule has 154 valence electrons. The Hall–Kier alpha value is -1.62. The number of thiazole rings is 1. The molecule has 1 aliphatic rings. The zero-order chi connectivity index (χ0) is 20.3. The van der Waals surface area contributed by atoms with Gasteiger partial charge >= 0.3 is 0 Å². The van der Waals surface area contributed by atoms with Crippen LogP contribution in [0.5, 0.6) is 0 Å². The molecule has 0 bridgehead atoms. The molecule has 1 aromatic carbocycles. The molecule has 0 N–H and O–H groups in total. The molecular weight excluding hydrogens is 424 g/mol. The molecule has 1 aliphatic heterocycles. The van der Waals surface area contributed by atoms with Gasteiger partial charge in [-0.2, -0.15) is 28.4 Å². The van der Waals surface area contributed by atoms with Crippen molar-refractivity contribution in [1.82, 2.24) is 18.5 Å². The highest BCUT2D eigenvalue weighted by Gasteiger charge is 2.30. The van der Waals surface area contributed by atoms with E-state index in [2.05, 4.69) is 27.1 Å². The number of benzene rings is 1. The zero-order valence-electron chi connectivity index (χ0n) is 16.3. The van der Waals surface area contributed by atoms with Gasteiger partial charge < -0.3 is 0 Å². The molecule has 2 aromatic heterocycles. The van der Waals surface area contributed by atoms with Crippen molar-refractivity contribution >= 4 is 32.9 Å². The van der Waals surface area contributed by atoms with Crippen molar-refractivity contribution in [2.24, 2.45) is 0 Å². The normalized spacial score (nSPS) is 16.5. The van der Waals surface area contributed by atoms with E-state index in [4.69, 9.17) is 4.98 Å². The first-order chi connectivity index (χ1) is 14.0. The summed E-state index contributed by atoms with van der Waals surface area (Å²) in [6, 6.07) is 11.8. The van der Waals surface area contributed by atoms with Gasteiger partial charge in [-0.05, 0) is 17.0 Å². The molecule has 29 heavy (non-hydrogen) atoms. The maximum Gasteiger partial charge on any atom is 0.282 e. The molecule has 0 unspecified atom stereocenters. The Bertz CT molecular complexity index is 1010. The van der Waals surface area contributed by atoms with E-state index in [1.54, 1.807) is 34.0 Å². The van der Waals surface area contributed by atoms with Crippen LogP contribution in [0.1, 0.15) is 11.3 Å². The molecule has 0 spiro atoms. The minimum absolute atomic E-state index is 0.383. The number of rotatable bonds is 7. The third-order valence-corrected chi connectivity index (χ3v) is 8.56. The second-order valence-electron chi connectivity index (χ2n) is 7.08. The number of aromatic nitrogens is 1. The van der Waals surface area contributed by atoms with Crippen LogP contribution in [0, 0.1) is 0 Å². The first-order valence-electron chi connectivity index (χ1n) is 9.47. The number of piperazine rings is 1. The fourth-order valence-electron chi connectivity index (χ4n) is 3.37. The van der Waals surface area contributed by atoms with Crippen LogP contribution in [0.15, 0.2) is 52.5 Å². The monoisotopic (exact) mass is 448 g/mol. The lowest BCUT2D eigenvalue weighted by Crippen LogP contribution is -2.51. The van der Waals surface area contributed by atoms with Gasteiger partial charge in [-0.1, -0.05) is 30.3 Å². The van der Waals surface area contributed by atoms with Gasteiger partial charge in [-0.15, -0.1) is 11.3 Å². The van der Waals surface area contributed by atoms with Crippen molar-refractivity contribution in [2.45, 2.75) is 13.1 Å².